The van der Waals surface area contributed by atoms with Crippen molar-refractivity contribution in [2.45, 2.75) is 0 Å². The highest BCUT2D eigenvalue weighted by atomic mass is 16.3. The van der Waals surface area contributed by atoms with Crippen molar-refractivity contribution in [3.8, 4) is 67.5 Å². The van der Waals surface area contributed by atoms with Crippen LogP contribution in [0.2, 0.25) is 0 Å². The lowest BCUT2D eigenvalue weighted by Crippen LogP contribution is -1.97. The number of aromatic nitrogens is 6. The summed E-state index contributed by atoms with van der Waals surface area (Å²) in [5.41, 5.74) is 33.6. The molecule has 0 atom stereocenters. The van der Waals surface area contributed by atoms with Crippen LogP contribution in [0.4, 0.5) is 0 Å². The fourth-order valence-electron chi connectivity index (χ4n) is 22.1. The van der Waals surface area contributed by atoms with Gasteiger partial charge in [-0.25, -0.2) is 0 Å². The molecule has 0 aliphatic rings. The molecule has 0 aliphatic heterocycles. The number of para-hydroxylation sites is 15. The predicted molar refractivity (Wildman–Crippen MR) is 564 cm³/mol. The van der Waals surface area contributed by atoms with Gasteiger partial charge in [0.25, 0.3) is 0 Å². The summed E-state index contributed by atoms with van der Waals surface area (Å²) < 4.78 is 33.6. The van der Waals surface area contributed by atoms with E-state index in [0.717, 1.165) is 111 Å². The zero-order chi connectivity index (χ0) is 88.5. The van der Waals surface area contributed by atoms with Crippen molar-refractivity contribution in [2.75, 3.05) is 0 Å². The second-order valence-corrected chi connectivity index (χ2v) is 35.2. The molecule has 9 heteroatoms. The van der Waals surface area contributed by atoms with Crippen LogP contribution < -0.4 is 0 Å². The molecule has 30 aromatic rings. The van der Waals surface area contributed by atoms with Crippen molar-refractivity contribution in [1.82, 2.24) is 27.4 Å². The van der Waals surface area contributed by atoms with Gasteiger partial charge in [-0.05, 0) is 180 Å². The maximum atomic E-state index is 6.52. The molecule has 0 N–H and O–H groups in total. The smallest absolute Gasteiger partial charge is 0.143 e. The monoisotopic (exact) mass is 1720 g/mol. The van der Waals surface area contributed by atoms with Gasteiger partial charge in [0.1, 0.15) is 33.5 Å². The van der Waals surface area contributed by atoms with Crippen LogP contribution in [0.3, 0.4) is 0 Å². The van der Waals surface area contributed by atoms with Crippen molar-refractivity contribution >= 4 is 197 Å². The first-order valence-electron chi connectivity index (χ1n) is 46.1. The van der Waals surface area contributed by atoms with Crippen molar-refractivity contribution in [1.29, 1.82) is 0 Å². The van der Waals surface area contributed by atoms with Gasteiger partial charge < -0.3 is 40.7 Å². The first kappa shape index (κ1) is 75.8. The lowest BCUT2D eigenvalue weighted by Gasteiger charge is -2.14. The minimum absolute atomic E-state index is 0.909. The molecule has 0 radical (unpaired) electrons. The van der Waals surface area contributed by atoms with E-state index in [9.17, 15) is 0 Å². The standard InChI is InChI=1S/3C42H26N2O/c1-2-13-27(14-3-1)43-36-21-8-5-16-29(36)34-26-40-35(25-39(34)43)30-17-6-10-23-38(30)44(40)37-22-9-4-15-28(37)32-19-12-20-33-31-18-7-11-24-41(31)45-42(32)33;1-2-13-28(14-3-1)43-37-21-7-4-16-31(37)35-26-40-36(25-39(35)43)32-17-5-8-22-38(32)44(40)29-15-10-12-27(24-29)30-19-11-20-34-33-18-6-9-23-41(33)45-42(30)34;1-2-11-28(12-3-1)43-36-17-7-4-13-31(36)34-26-39-35(25-38(34)43)32-14-5-8-18-37(32)44(39)29-23-21-27(22-24-29)30-16-10-20-41-42(30)33-15-6-9-19-40(33)45-41/h3*1-26H. The van der Waals surface area contributed by atoms with E-state index in [1.165, 1.54) is 153 Å². The van der Waals surface area contributed by atoms with Crippen LogP contribution in [0.25, 0.3) is 264 Å². The van der Waals surface area contributed by atoms with Gasteiger partial charge in [0.2, 0.25) is 0 Å². The van der Waals surface area contributed by atoms with Gasteiger partial charge in [-0.2, -0.15) is 0 Å². The highest BCUT2D eigenvalue weighted by Gasteiger charge is 2.27. The lowest BCUT2D eigenvalue weighted by atomic mass is 9.99. The topological polar surface area (TPSA) is 69.0 Å². The van der Waals surface area contributed by atoms with Crippen molar-refractivity contribution in [2.24, 2.45) is 0 Å². The highest BCUT2D eigenvalue weighted by molar-refractivity contribution is 6.24. The SMILES string of the molecule is c1ccc(-n2c3ccccc3c3cc4c(cc32)c2ccccc2n4-c2ccc(-c3cccc4oc5ccccc5c34)cc2)cc1.c1ccc(-n2c3ccccc3c3cc4c(cc32)c2ccccc2n4-c2cccc(-c3cccc4c3oc3ccccc34)c2)cc1.c1ccc(-n2c3ccccc3c3cc4c(cc32)c2ccccc2n4-c2ccccc2-c2cccc3c2oc2ccccc23)cc1. The molecule has 0 saturated carbocycles. The summed E-state index contributed by atoms with van der Waals surface area (Å²) >= 11 is 0. The molecule has 0 aliphatic carbocycles. The Morgan fingerprint density at radius 3 is 0.852 bits per heavy atom. The Morgan fingerprint density at radius 2 is 0.415 bits per heavy atom. The molecule has 21 aromatic carbocycles. The average molecular weight is 1720 g/mol. The van der Waals surface area contributed by atoms with Gasteiger partial charge in [-0.3, -0.25) is 0 Å². The fraction of sp³-hybridized carbons (Fsp3) is 0. The fourth-order valence-corrected chi connectivity index (χ4v) is 22.1. The third kappa shape index (κ3) is 11.7. The summed E-state index contributed by atoms with van der Waals surface area (Å²) in [6, 6.07) is 170. The van der Waals surface area contributed by atoms with E-state index in [2.05, 4.69) is 470 Å². The summed E-state index contributed by atoms with van der Waals surface area (Å²) in [6.45, 7) is 0. The van der Waals surface area contributed by atoms with Crippen LogP contribution in [0, 0.1) is 0 Å². The summed E-state index contributed by atoms with van der Waals surface area (Å²) in [5.74, 6) is 0. The van der Waals surface area contributed by atoms with Crippen molar-refractivity contribution in [3.05, 3.63) is 473 Å². The number of hydrogen-bond donors (Lipinski definition) is 0. The quantitative estimate of drug-likeness (QED) is 0.145. The van der Waals surface area contributed by atoms with Crippen LogP contribution >= 0.6 is 0 Å². The predicted octanol–water partition coefficient (Wildman–Crippen LogP) is 34.3. The van der Waals surface area contributed by atoms with E-state index in [1.54, 1.807) is 0 Å². The molecule has 630 valence electrons. The Kier molecular flexibility index (Phi) is 17.0. The normalized spacial score (nSPS) is 12.0. The second kappa shape index (κ2) is 30.2. The Hall–Kier alpha value is -18.2. The zero-order valence-corrected chi connectivity index (χ0v) is 72.9. The molecule has 9 nitrogen and oxygen atoms in total. The minimum Gasteiger partial charge on any atom is -0.456 e. The van der Waals surface area contributed by atoms with Gasteiger partial charge >= 0.3 is 0 Å². The van der Waals surface area contributed by atoms with Crippen LogP contribution in [0.15, 0.2) is 486 Å². The molecule has 135 heavy (non-hydrogen) atoms. The number of furan rings is 3. The molecule has 0 bridgehead atoms. The van der Waals surface area contributed by atoms with E-state index in [1.807, 2.05) is 30.3 Å². The van der Waals surface area contributed by atoms with Gasteiger partial charge in [0.05, 0.1) is 71.9 Å². The number of nitrogens with zero attached hydrogens (tertiary/aromatic N) is 6. The minimum atomic E-state index is 0.909. The molecule has 0 spiro atoms. The number of benzene rings is 21. The number of rotatable bonds is 9. The molecular formula is C126H78N6O3. The van der Waals surface area contributed by atoms with E-state index in [-0.39, 0.29) is 0 Å². The Morgan fingerprint density at radius 1 is 0.133 bits per heavy atom. The van der Waals surface area contributed by atoms with Gasteiger partial charge in [-0.1, -0.05) is 309 Å². The van der Waals surface area contributed by atoms with Gasteiger partial charge in [-0.15, -0.1) is 0 Å². The largest absolute Gasteiger partial charge is 0.456 e. The van der Waals surface area contributed by atoms with E-state index in [4.69, 9.17) is 13.3 Å². The molecule has 9 aromatic heterocycles. The molecular weight excluding hydrogens is 1650 g/mol. The highest BCUT2D eigenvalue weighted by Crippen LogP contribution is 2.49. The van der Waals surface area contributed by atoms with Crippen LogP contribution in [0.5, 0.6) is 0 Å². The van der Waals surface area contributed by atoms with Gasteiger partial charge in [0, 0.05) is 142 Å². The molecule has 0 amide bonds. The first-order valence-corrected chi connectivity index (χ1v) is 46.1. The van der Waals surface area contributed by atoms with Crippen LogP contribution in [-0.2, 0) is 0 Å². The van der Waals surface area contributed by atoms with Gasteiger partial charge in [0.15, 0.2) is 0 Å². The number of fused-ring (bicyclic) bond motifs is 27. The molecule has 0 fully saturated rings. The summed E-state index contributed by atoms with van der Waals surface area (Å²) in [6.07, 6.45) is 0. The molecule has 0 saturated heterocycles. The third-order valence-corrected chi connectivity index (χ3v) is 27.9. The first-order chi connectivity index (χ1) is 67.0. The van der Waals surface area contributed by atoms with E-state index < -0.39 is 0 Å². The third-order valence-electron chi connectivity index (χ3n) is 27.9. The van der Waals surface area contributed by atoms with Crippen LogP contribution in [-0.4, -0.2) is 27.4 Å². The average Bonchev–Trinajstić information content (AvgIpc) is 1.56. The van der Waals surface area contributed by atoms with E-state index in [0.29, 0.717) is 0 Å². The van der Waals surface area contributed by atoms with Crippen molar-refractivity contribution < 1.29 is 13.3 Å². The second-order valence-electron chi connectivity index (χ2n) is 35.2. The molecule has 0 unspecified atom stereocenters. The Balaban J connectivity index is 0.000000101. The maximum absolute atomic E-state index is 6.52. The number of hydrogen-bond acceptors (Lipinski definition) is 3. The summed E-state index contributed by atoms with van der Waals surface area (Å²) in [7, 11) is 0. The molecule has 30 rings (SSSR count). The van der Waals surface area contributed by atoms with Crippen LogP contribution in [0.1, 0.15) is 0 Å². The molecule has 9 heterocycles. The lowest BCUT2D eigenvalue weighted by molar-refractivity contribution is 0.669. The van der Waals surface area contributed by atoms with Crippen molar-refractivity contribution in [3.63, 3.8) is 0 Å². The summed E-state index contributed by atoms with van der Waals surface area (Å²) in [5, 5.41) is 21.8. The Labute approximate surface area is 772 Å². The Bertz CT molecular complexity index is 10100. The summed E-state index contributed by atoms with van der Waals surface area (Å²) in [4.78, 5) is 0. The van der Waals surface area contributed by atoms with E-state index >= 15 is 0 Å². The zero-order valence-electron chi connectivity index (χ0n) is 72.9. The maximum Gasteiger partial charge on any atom is 0.143 e.